The number of hydrogen-bond donors (Lipinski definition) is 0. The second kappa shape index (κ2) is 19.1. The van der Waals surface area contributed by atoms with Crippen LogP contribution in [0.4, 0.5) is 0 Å². The molecule has 42 heavy (non-hydrogen) atoms. The average Bonchev–Trinajstić information content (AvgIpc) is 3.57. The van der Waals surface area contributed by atoms with Crippen LogP contribution in [0.25, 0.3) is 43.8 Å². The molecule has 0 saturated carbocycles. The molecular weight excluding hydrogens is 647 g/mol. The number of fused-ring (bicyclic) bond motifs is 2. The Hall–Kier alpha value is -2.22. The Balaban J connectivity index is 0.000000195. The molecule has 0 aliphatic carbocycles. The summed E-state index contributed by atoms with van der Waals surface area (Å²) in [5.74, 6) is 0. The van der Waals surface area contributed by atoms with Gasteiger partial charge in [0.1, 0.15) is 0 Å². The van der Waals surface area contributed by atoms with E-state index in [1.54, 1.807) is 0 Å². The summed E-state index contributed by atoms with van der Waals surface area (Å²) in [4.78, 5) is 0. The van der Waals surface area contributed by atoms with Gasteiger partial charge in [-0.15, -0.1) is 70.8 Å². The molecule has 0 saturated heterocycles. The van der Waals surface area contributed by atoms with Crippen LogP contribution in [0.2, 0.25) is 13.1 Å². The molecule has 0 amide bonds. The van der Waals surface area contributed by atoms with Gasteiger partial charge in [0.05, 0.1) is 0 Å². The number of rotatable bonds is 6. The van der Waals surface area contributed by atoms with Crippen molar-refractivity contribution in [1.82, 2.24) is 0 Å². The van der Waals surface area contributed by atoms with Crippen LogP contribution in [0, 0.1) is 0 Å². The van der Waals surface area contributed by atoms with Gasteiger partial charge in [0.15, 0.2) is 0 Å². The first-order chi connectivity index (χ1) is 20.6. The van der Waals surface area contributed by atoms with Crippen molar-refractivity contribution in [2.24, 2.45) is 0 Å². The summed E-state index contributed by atoms with van der Waals surface area (Å²) in [6.07, 6.45) is 4.68. The van der Waals surface area contributed by atoms with Crippen LogP contribution in [-0.4, -0.2) is 9.52 Å². The van der Waals surface area contributed by atoms with E-state index in [0.717, 1.165) is 22.4 Å². The van der Waals surface area contributed by atoms with Crippen LogP contribution in [0.5, 0.6) is 0 Å². The molecule has 214 valence electrons. The van der Waals surface area contributed by atoms with Crippen LogP contribution in [0.15, 0.2) is 121 Å². The summed E-state index contributed by atoms with van der Waals surface area (Å²) in [6, 6.07) is 43.5. The Kier molecular flexibility index (Phi) is 15.6. The first kappa shape index (κ1) is 34.3. The molecule has 6 aromatic rings. The fraction of sp³-hybridized carbons (Fsp3) is 0.211. The van der Waals surface area contributed by atoms with Gasteiger partial charge in [-0.05, 0) is 12.8 Å². The molecule has 6 rings (SSSR count). The van der Waals surface area contributed by atoms with Crippen molar-refractivity contribution in [3.05, 3.63) is 132 Å². The van der Waals surface area contributed by atoms with Crippen LogP contribution < -0.4 is 0 Å². The molecule has 0 spiro atoms. The monoisotopic (exact) mass is 684 g/mol. The average molecular weight is 687 g/mol. The van der Waals surface area contributed by atoms with E-state index in [1.807, 2.05) is 0 Å². The predicted molar refractivity (Wildman–Crippen MR) is 187 cm³/mol. The van der Waals surface area contributed by atoms with Gasteiger partial charge in [0.25, 0.3) is 0 Å². The normalized spacial score (nSPS) is 10.0. The molecule has 0 aliphatic heterocycles. The molecule has 0 atom stereocenters. The molecule has 0 aromatic heterocycles. The maximum absolute atomic E-state index is 4.93. The second-order valence-corrected chi connectivity index (χ2v) is 14.8. The predicted octanol–water partition coefficient (Wildman–Crippen LogP) is 12.5. The van der Waals surface area contributed by atoms with Gasteiger partial charge in [-0.3, -0.25) is 0 Å². The minimum atomic E-state index is -0.826. The van der Waals surface area contributed by atoms with E-state index in [0.29, 0.717) is 0 Å². The topological polar surface area (TPSA) is 0 Å². The molecule has 0 aliphatic rings. The fourth-order valence-electron chi connectivity index (χ4n) is 5.39. The van der Waals surface area contributed by atoms with E-state index < -0.39 is 20.8 Å². The van der Waals surface area contributed by atoms with E-state index in [2.05, 4.69) is 148 Å². The van der Waals surface area contributed by atoms with Gasteiger partial charge in [0, 0.05) is 9.52 Å². The first-order valence-corrected chi connectivity index (χ1v) is 23.0. The van der Waals surface area contributed by atoms with Crippen molar-refractivity contribution in [3.8, 4) is 22.3 Å². The van der Waals surface area contributed by atoms with Crippen LogP contribution in [-0.2, 0) is 33.7 Å². The van der Waals surface area contributed by atoms with Crippen LogP contribution in [0.3, 0.4) is 0 Å². The Labute approximate surface area is 274 Å². The van der Waals surface area contributed by atoms with Crippen molar-refractivity contribution in [2.75, 3.05) is 0 Å². The van der Waals surface area contributed by atoms with E-state index in [1.165, 1.54) is 67.8 Å². The minimum absolute atomic E-state index is 0.826. The molecular formula is C38H40Cl2SiZr. The van der Waals surface area contributed by atoms with Gasteiger partial charge in [-0.25, -0.2) is 0 Å². The summed E-state index contributed by atoms with van der Waals surface area (Å²) in [5, 5.41) is 5.49. The summed E-state index contributed by atoms with van der Waals surface area (Å²) in [5.41, 5.74) is 8.47. The Morgan fingerprint density at radius 1 is 0.548 bits per heavy atom. The molecule has 4 heteroatoms. The van der Waals surface area contributed by atoms with Crippen LogP contribution >= 0.6 is 17.0 Å². The standard InChI is InChI=1S/2C18H17.C2H6Si.2ClH.Zr/c2*1-2-8-16-13-15-11-6-7-12-17(15)18(16)14-9-4-3-5-10-14;1-3-2;;;/h2*3-7,9-13H,2,8H2,1H3;1-2H3;2*1H;/q2*-1;;;;+4/p-2. The molecule has 0 nitrogen and oxygen atoms in total. The van der Waals surface area contributed by atoms with E-state index in [9.17, 15) is 0 Å². The van der Waals surface area contributed by atoms with Gasteiger partial charge < -0.3 is 0 Å². The third-order valence-electron chi connectivity index (χ3n) is 6.93. The van der Waals surface area contributed by atoms with Crippen LogP contribution in [0.1, 0.15) is 37.8 Å². The zero-order valence-corrected chi connectivity index (χ0v) is 30.1. The second-order valence-electron chi connectivity index (χ2n) is 10.1. The van der Waals surface area contributed by atoms with Gasteiger partial charge in [-0.2, -0.15) is 0 Å². The summed E-state index contributed by atoms with van der Waals surface area (Å²) in [7, 11) is 11.0. The van der Waals surface area contributed by atoms with E-state index >= 15 is 0 Å². The number of benzene rings is 4. The third kappa shape index (κ3) is 9.39. The van der Waals surface area contributed by atoms with Gasteiger partial charge in [0.2, 0.25) is 0 Å². The Morgan fingerprint density at radius 3 is 1.19 bits per heavy atom. The molecule has 6 aromatic carbocycles. The van der Waals surface area contributed by atoms with Crippen molar-refractivity contribution in [2.45, 2.75) is 52.6 Å². The maximum atomic E-state index is 4.93. The summed E-state index contributed by atoms with van der Waals surface area (Å²) in [6.45, 7) is 8.79. The Bertz CT molecular complexity index is 1460. The summed E-state index contributed by atoms with van der Waals surface area (Å²) >= 11 is -0.826. The van der Waals surface area contributed by atoms with E-state index in [-0.39, 0.29) is 0 Å². The number of aryl methyl sites for hydroxylation is 2. The zero-order valence-electron chi connectivity index (χ0n) is 25.1. The van der Waals surface area contributed by atoms with Crippen molar-refractivity contribution in [3.63, 3.8) is 0 Å². The number of halogens is 2. The van der Waals surface area contributed by atoms with Gasteiger partial charge >= 0.3 is 37.9 Å². The SMILES string of the molecule is CCCc1cc2ccccc2[c-]1-c1ccccc1.CCCc1cc2ccccc2[c-]1-c1ccccc1.C[Si]C.[Cl][Zr+2][Cl]. The number of hydrogen-bond acceptors (Lipinski definition) is 0. The molecule has 0 unspecified atom stereocenters. The Morgan fingerprint density at radius 2 is 0.857 bits per heavy atom. The van der Waals surface area contributed by atoms with Crippen molar-refractivity contribution in [1.29, 1.82) is 0 Å². The van der Waals surface area contributed by atoms with Crippen molar-refractivity contribution >= 4 is 48.1 Å². The van der Waals surface area contributed by atoms with E-state index in [4.69, 9.17) is 17.0 Å². The quantitative estimate of drug-likeness (QED) is 0.121. The van der Waals surface area contributed by atoms with Crippen molar-refractivity contribution < 1.29 is 20.8 Å². The molecule has 0 bridgehead atoms. The zero-order chi connectivity index (χ0) is 30.2. The third-order valence-corrected chi connectivity index (χ3v) is 6.93. The first-order valence-electron chi connectivity index (χ1n) is 14.6. The summed E-state index contributed by atoms with van der Waals surface area (Å²) < 4.78 is 0. The molecule has 0 fully saturated rings. The molecule has 0 heterocycles. The molecule has 0 N–H and O–H groups in total. The van der Waals surface area contributed by atoms with Gasteiger partial charge in [-0.1, -0.05) is 145 Å². The fourth-order valence-corrected chi connectivity index (χ4v) is 5.39. The molecule has 2 radical (unpaired) electrons.